The Labute approximate surface area is 443 Å². The minimum atomic E-state index is -1.10. The van der Waals surface area contributed by atoms with Crippen LogP contribution in [0.25, 0.3) is 33.1 Å². The zero-order valence-electron chi connectivity index (χ0n) is 44.8. The Balaban J connectivity index is 0.881. The molecule has 0 aliphatic carbocycles. The molecular formula is C61H69BBrN5O6. The van der Waals surface area contributed by atoms with E-state index in [1.165, 1.54) is 5.56 Å². The van der Waals surface area contributed by atoms with Crippen LogP contribution in [0, 0.1) is 52.4 Å². The summed E-state index contributed by atoms with van der Waals surface area (Å²) >= 11 is 4.07. The predicted molar refractivity (Wildman–Crippen MR) is 308 cm³/mol. The second-order valence-electron chi connectivity index (χ2n) is 22.9. The monoisotopic (exact) mass is 1060 g/mol. The maximum Gasteiger partial charge on any atom is 0.583 e. The van der Waals surface area contributed by atoms with Crippen molar-refractivity contribution in [1.29, 1.82) is 0 Å². The van der Waals surface area contributed by atoms with Gasteiger partial charge in [0.2, 0.25) is 11.8 Å². The Morgan fingerprint density at radius 1 is 0.676 bits per heavy atom. The summed E-state index contributed by atoms with van der Waals surface area (Å²) in [6.45, 7) is 26.6. The molecule has 74 heavy (non-hydrogen) atoms. The molecule has 2 atom stereocenters. The zero-order valence-corrected chi connectivity index (χ0v) is 46.4. The number of nitrogens with zero attached hydrogens (tertiary/aromatic N) is 3. The van der Waals surface area contributed by atoms with Gasteiger partial charge in [-0.15, -0.1) is 5.16 Å². The molecule has 0 bridgehead atoms. The van der Waals surface area contributed by atoms with Gasteiger partial charge in [-0.2, -0.15) is 0 Å². The minimum Gasteiger partial charge on any atom is -0.440 e. The lowest BCUT2D eigenvalue weighted by atomic mass is 9.75. The van der Waals surface area contributed by atoms with Crippen LogP contribution in [0.1, 0.15) is 128 Å². The van der Waals surface area contributed by atoms with E-state index < -0.39 is 7.12 Å². The molecule has 3 aliphatic rings. The fraction of sp³-hybridized carbons (Fsp3) is 0.393. The van der Waals surface area contributed by atoms with E-state index in [-0.39, 0.29) is 33.8 Å². The van der Waals surface area contributed by atoms with Crippen molar-refractivity contribution < 1.29 is 18.6 Å². The molecule has 5 aromatic carbocycles. The molecule has 2 aromatic heterocycles. The Bertz CT molecular complexity index is 3510. The van der Waals surface area contributed by atoms with E-state index in [9.17, 15) is 14.6 Å². The highest BCUT2D eigenvalue weighted by Crippen LogP contribution is 2.43. The highest BCUT2D eigenvalue weighted by Gasteiger charge is 2.35. The third-order valence-corrected chi connectivity index (χ3v) is 17.1. The van der Waals surface area contributed by atoms with Gasteiger partial charge >= 0.3 is 7.12 Å². The van der Waals surface area contributed by atoms with E-state index in [1.807, 2.05) is 58.0 Å². The first kappa shape index (κ1) is 51.2. The lowest BCUT2D eigenvalue weighted by Gasteiger charge is -2.40. The van der Waals surface area contributed by atoms with E-state index in [4.69, 9.17) is 13.6 Å². The van der Waals surface area contributed by atoms with Gasteiger partial charge in [0.25, 0.3) is 0 Å². The molecule has 3 N–H and O–H groups in total. The van der Waals surface area contributed by atoms with Crippen LogP contribution >= 0.6 is 15.9 Å². The predicted octanol–water partition coefficient (Wildman–Crippen LogP) is 13.1. The highest BCUT2D eigenvalue weighted by atomic mass is 79.9. The maximum absolute atomic E-state index is 14.4. The minimum absolute atomic E-state index is 0.00898. The van der Waals surface area contributed by atoms with Gasteiger partial charge in [-0.3, -0.25) is 9.59 Å². The number of anilines is 4. The summed E-state index contributed by atoms with van der Waals surface area (Å²) in [6, 6.07) is 24.5. The van der Waals surface area contributed by atoms with E-state index in [0.717, 1.165) is 124 Å². The van der Waals surface area contributed by atoms with E-state index in [0.29, 0.717) is 50.3 Å². The van der Waals surface area contributed by atoms with Crippen molar-refractivity contribution >= 4 is 79.8 Å². The molecule has 2 fully saturated rings. The molecule has 0 radical (unpaired) electrons. The number of aryl methyl sites for hydroxylation is 4. The van der Waals surface area contributed by atoms with Crippen LogP contribution in [-0.2, 0) is 11.2 Å². The fourth-order valence-electron chi connectivity index (χ4n) is 11.6. The topological polar surface area (TPSA) is 133 Å². The normalized spacial score (nSPS) is 17.1. The summed E-state index contributed by atoms with van der Waals surface area (Å²) in [7, 11) is -1.10. The quantitative estimate of drug-likeness (QED) is 0.108. The van der Waals surface area contributed by atoms with Gasteiger partial charge in [-0.25, -0.2) is 0 Å². The Hall–Kier alpha value is -6.31. The summed E-state index contributed by atoms with van der Waals surface area (Å²) < 4.78 is 19.9. The summed E-state index contributed by atoms with van der Waals surface area (Å²) in [4.78, 5) is 32.9. The first-order valence-electron chi connectivity index (χ1n) is 26.3. The summed E-state index contributed by atoms with van der Waals surface area (Å²) in [5.74, 6) is 1.33. The SMILES string of the molecule is Cc1ccc(-c2ccc3c(c2)C=NOB3O)c(N[C@H](C)c2cc(C)cc3c(=O)c(C)c(N4CCC(C)(Cc5cc(C)cc(N[C@H](C)c6cc(C)cc7c(=O)c(C)c(N8CCC(C)(C)CC8)oc67)c5Br)CC4)oc23)c1. The van der Waals surface area contributed by atoms with Gasteiger partial charge in [-0.1, -0.05) is 63.2 Å². The van der Waals surface area contributed by atoms with Crippen LogP contribution in [0.3, 0.4) is 0 Å². The number of hydrogen-bond acceptors (Lipinski definition) is 11. The molecule has 10 rings (SSSR count). The van der Waals surface area contributed by atoms with Gasteiger partial charge in [0.15, 0.2) is 10.9 Å². The summed E-state index contributed by atoms with van der Waals surface area (Å²) in [5, 5.41) is 23.1. The lowest BCUT2D eigenvalue weighted by molar-refractivity contribution is 0.241. The van der Waals surface area contributed by atoms with Gasteiger partial charge in [0.1, 0.15) is 11.2 Å². The first-order chi connectivity index (χ1) is 35.2. The smallest absolute Gasteiger partial charge is 0.440 e. The van der Waals surface area contributed by atoms with Crippen LogP contribution in [0.2, 0.25) is 0 Å². The maximum atomic E-state index is 14.4. The first-order valence-corrected chi connectivity index (χ1v) is 27.1. The van der Waals surface area contributed by atoms with Crippen molar-refractivity contribution in [2.24, 2.45) is 16.0 Å². The van der Waals surface area contributed by atoms with Crippen molar-refractivity contribution in [1.82, 2.24) is 0 Å². The van der Waals surface area contributed by atoms with Gasteiger partial charge in [0, 0.05) is 64.2 Å². The zero-order chi connectivity index (χ0) is 52.5. The van der Waals surface area contributed by atoms with Crippen LogP contribution in [0.5, 0.6) is 0 Å². The molecule has 7 aromatic rings. The van der Waals surface area contributed by atoms with Crippen molar-refractivity contribution in [3.63, 3.8) is 0 Å². The molecule has 0 spiro atoms. The van der Waals surface area contributed by atoms with Gasteiger partial charge in [0.05, 0.1) is 40.2 Å². The number of halogens is 1. The summed E-state index contributed by atoms with van der Waals surface area (Å²) in [6.07, 6.45) is 6.41. The number of rotatable bonds is 11. The van der Waals surface area contributed by atoms with Crippen LogP contribution in [0.15, 0.2) is 101 Å². The van der Waals surface area contributed by atoms with Crippen molar-refractivity contribution in [2.45, 2.75) is 120 Å². The lowest BCUT2D eigenvalue weighted by Crippen LogP contribution is -2.40. The Morgan fingerprint density at radius 3 is 1.78 bits per heavy atom. The molecule has 0 amide bonds. The van der Waals surface area contributed by atoms with Gasteiger partial charge < -0.3 is 39.0 Å². The Kier molecular flexibility index (Phi) is 13.7. The van der Waals surface area contributed by atoms with Crippen LogP contribution < -0.4 is 36.8 Å². The average Bonchev–Trinajstić information content (AvgIpc) is 3.35. The molecule has 384 valence electrons. The highest BCUT2D eigenvalue weighted by molar-refractivity contribution is 9.10. The molecule has 11 nitrogen and oxygen atoms in total. The average molecular weight is 1060 g/mol. The second-order valence-corrected chi connectivity index (χ2v) is 23.7. The van der Waals surface area contributed by atoms with E-state index in [2.05, 4.69) is 132 Å². The second kappa shape index (κ2) is 19.8. The molecule has 0 unspecified atom stereocenters. The molecular weight excluding hydrogens is 989 g/mol. The molecule has 2 saturated heterocycles. The van der Waals surface area contributed by atoms with Crippen LogP contribution in [0.4, 0.5) is 23.1 Å². The molecule has 13 heteroatoms. The largest absolute Gasteiger partial charge is 0.583 e. The molecule has 0 saturated carbocycles. The number of nitrogens with one attached hydrogen (secondary N) is 2. The molecule has 3 aliphatic heterocycles. The van der Waals surface area contributed by atoms with Crippen molar-refractivity contribution in [3.8, 4) is 11.1 Å². The standard InChI is InChI=1S/C61H69BBrN5O6/c1-34-12-14-45(42-13-15-50-44(31-42)33-64-74-62(50)71)51(29-34)65-40(7)46-25-36(3)27-48-55(70)39(6)59(73-56(46)48)68-22-18-61(11,19-23-68)32-43-24-35(2)30-52(53(43)63)66-41(8)47-26-37(4)28-49-54(69)38(5)58(72-57(47)49)67-20-16-60(9,10)17-21-67/h12-15,24-31,33,40-41,65-66,71H,16-23,32H2,1-11H3/t40-,41-/m1/s1. The number of hydrogen-bond donors (Lipinski definition) is 3. The summed E-state index contributed by atoms with van der Waals surface area (Å²) in [5.41, 5.74) is 15.6. The third kappa shape index (κ3) is 9.90. The third-order valence-electron chi connectivity index (χ3n) is 16.2. The Morgan fingerprint density at radius 2 is 1.20 bits per heavy atom. The van der Waals surface area contributed by atoms with E-state index >= 15 is 0 Å². The van der Waals surface area contributed by atoms with Crippen LogP contribution in [-0.4, -0.2) is 44.5 Å². The van der Waals surface area contributed by atoms with E-state index in [1.54, 1.807) is 6.21 Å². The molecule has 5 heterocycles. The number of piperidine rings is 2. The fourth-order valence-corrected chi connectivity index (χ4v) is 12.1. The van der Waals surface area contributed by atoms with Gasteiger partial charge in [-0.05, 0) is 184 Å². The number of fused-ring (bicyclic) bond motifs is 3. The van der Waals surface area contributed by atoms with Crippen molar-refractivity contribution in [3.05, 3.63) is 153 Å². The number of oxime groups is 1. The number of benzene rings is 5. The van der Waals surface area contributed by atoms with Crippen molar-refractivity contribution in [2.75, 3.05) is 46.6 Å².